The highest BCUT2D eigenvalue weighted by atomic mass is 32.2. The quantitative estimate of drug-likeness (QED) is 0.721. The molecule has 0 aromatic rings. The Morgan fingerprint density at radius 3 is 2.42 bits per heavy atom. The lowest BCUT2D eigenvalue weighted by atomic mass is 10.1. The second kappa shape index (κ2) is 8.15. The van der Waals surface area contributed by atoms with Crippen molar-refractivity contribution in [1.29, 1.82) is 0 Å². The molecule has 1 saturated carbocycles. The second-order valence-corrected chi connectivity index (χ2v) is 7.44. The van der Waals surface area contributed by atoms with Crippen molar-refractivity contribution in [2.45, 2.75) is 63.7 Å². The Balaban J connectivity index is 2.25. The molecule has 1 unspecified atom stereocenters. The minimum Gasteiger partial charge on any atom is -0.355 e. The fraction of sp³-hybridized carbons (Fsp3) is 0.933. The third kappa shape index (κ3) is 5.74. The Morgan fingerprint density at radius 1 is 1.26 bits per heavy atom. The Bertz CT molecular complexity index is 275. The van der Waals surface area contributed by atoms with Gasteiger partial charge in [-0.3, -0.25) is 4.79 Å². The van der Waals surface area contributed by atoms with E-state index in [1.54, 1.807) is 0 Å². The molecule has 1 fully saturated rings. The molecule has 112 valence electrons. The van der Waals surface area contributed by atoms with Gasteiger partial charge in [-0.25, -0.2) is 0 Å². The lowest BCUT2D eigenvalue weighted by Crippen LogP contribution is -2.47. The van der Waals surface area contributed by atoms with Crippen LogP contribution in [0.2, 0.25) is 0 Å². The number of hydrogen-bond donors (Lipinski definition) is 2. The zero-order valence-corrected chi connectivity index (χ0v) is 13.7. The van der Waals surface area contributed by atoms with E-state index in [1.807, 2.05) is 18.7 Å². The molecule has 0 bridgehead atoms. The summed E-state index contributed by atoms with van der Waals surface area (Å²) in [5.74, 6) is 0.775. The molecule has 19 heavy (non-hydrogen) atoms. The molecular formula is C15H30N2OS. The Morgan fingerprint density at radius 2 is 1.89 bits per heavy atom. The summed E-state index contributed by atoms with van der Waals surface area (Å²) in [6.45, 7) is 8.06. The molecule has 1 aliphatic carbocycles. The predicted octanol–water partition coefficient (Wildman–Crippen LogP) is 2.80. The number of thioether (sulfide) groups is 1. The summed E-state index contributed by atoms with van der Waals surface area (Å²) < 4.78 is 0.368. The molecule has 1 aliphatic rings. The SMILES string of the molecule is CSC1(CNC(C)C(=O)NCCC(C)C)CCCC1. The summed E-state index contributed by atoms with van der Waals surface area (Å²) in [4.78, 5) is 11.9. The standard InChI is InChI=1S/C15H30N2OS/c1-12(2)7-10-16-14(18)13(3)17-11-15(19-4)8-5-6-9-15/h12-13,17H,5-11H2,1-4H3,(H,16,18). The molecule has 0 radical (unpaired) electrons. The molecule has 0 saturated heterocycles. The van der Waals surface area contributed by atoms with E-state index < -0.39 is 0 Å². The average molecular weight is 286 g/mol. The molecule has 0 spiro atoms. The first-order chi connectivity index (χ1) is 8.99. The number of rotatable bonds is 8. The third-order valence-corrected chi connectivity index (χ3v) is 5.51. The molecule has 0 aromatic carbocycles. The molecule has 0 aliphatic heterocycles. The first-order valence-electron chi connectivity index (χ1n) is 7.55. The lowest BCUT2D eigenvalue weighted by Gasteiger charge is -2.28. The van der Waals surface area contributed by atoms with Gasteiger partial charge in [0.1, 0.15) is 0 Å². The van der Waals surface area contributed by atoms with Crippen LogP contribution in [0.15, 0.2) is 0 Å². The zero-order chi connectivity index (χ0) is 14.3. The maximum atomic E-state index is 11.9. The molecule has 0 heterocycles. The van der Waals surface area contributed by atoms with E-state index in [-0.39, 0.29) is 11.9 Å². The lowest BCUT2D eigenvalue weighted by molar-refractivity contribution is -0.122. The number of amides is 1. The molecule has 1 amide bonds. The van der Waals surface area contributed by atoms with Gasteiger partial charge >= 0.3 is 0 Å². The van der Waals surface area contributed by atoms with Gasteiger partial charge in [-0.05, 0) is 38.4 Å². The summed E-state index contributed by atoms with van der Waals surface area (Å²) in [6.07, 6.45) is 8.47. The van der Waals surface area contributed by atoms with Crippen molar-refractivity contribution in [1.82, 2.24) is 10.6 Å². The fourth-order valence-electron chi connectivity index (χ4n) is 2.54. The maximum absolute atomic E-state index is 11.9. The van der Waals surface area contributed by atoms with Crippen molar-refractivity contribution in [2.24, 2.45) is 5.92 Å². The van der Waals surface area contributed by atoms with Crippen LogP contribution < -0.4 is 10.6 Å². The smallest absolute Gasteiger partial charge is 0.236 e. The third-order valence-electron chi connectivity index (χ3n) is 4.09. The molecule has 4 heteroatoms. The van der Waals surface area contributed by atoms with E-state index in [0.717, 1.165) is 19.5 Å². The van der Waals surface area contributed by atoms with Gasteiger partial charge in [0.05, 0.1) is 6.04 Å². The van der Waals surface area contributed by atoms with Gasteiger partial charge in [-0.15, -0.1) is 0 Å². The number of nitrogens with one attached hydrogen (secondary N) is 2. The van der Waals surface area contributed by atoms with Crippen LogP contribution in [-0.2, 0) is 4.79 Å². The first kappa shape index (κ1) is 16.8. The van der Waals surface area contributed by atoms with Crippen LogP contribution in [0.4, 0.5) is 0 Å². The summed E-state index contributed by atoms with van der Waals surface area (Å²) >= 11 is 1.96. The topological polar surface area (TPSA) is 41.1 Å². The van der Waals surface area contributed by atoms with Gasteiger partial charge in [0, 0.05) is 17.8 Å². The van der Waals surface area contributed by atoms with Gasteiger partial charge in [0.15, 0.2) is 0 Å². The maximum Gasteiger partial charge on any atom is 0.236 e. The number of hydrogen-bond acceptors (Lipinski definition) is 3. The van der Waals surface area contributed by atoms with Gasteiger partial charge in [0.2, 0.25) is 5.91 Å². The normalized spacial score (nSPS) is 19.6. The first-order valence-corrected chi connectivity index (χ1v) is 8.78. The van der Waals surface area contributed by atoms with Crippen LogP contribution in [0.5, 0.6) is 0 Å². The van der Waals surface area contributed by atoms with Gasteiger partial charge in [-0.1, -0.05) is 26.7 Å². The largest absolute Gasteiger partial charge is 0.355 e. The van der Waals surface area contributed by atoms with Gasteiger partial charge < -0.3 is 10.6 Å². The van der Waals surface area contributed by atoms with Crippen LogP contribution in [0.25, 0.3) is 0 Å². The van der Waals surface area contributed by atoms with Crippen molar-refractivity contribution in [2.75, 3.05) is 19.3 Å². The van der Waals surface area contributed by atoms with Crippen molar-refractivity contribution in [3.63, 3.8) is 0 Å². The molecule has 3 nitrogen and oxygen atoms in total. The Hall–Kier alpha value is -0.220. The Labute approximate surface area is 122 Å². The van der Waals surface area contributed by atoms with Crippen LogP contribution >= 0.6 is 11.8 Å². The number of carbonyl (C=O) groups excluding carboxylic acids is 1. The highest BCUT2D eigenvalue weighted by Gasteiger charge is 2.33. The zero-order valence-electron chi connectivity index (χ0n) is 12.9. The van der Waals surface area contributed by atoms with Crippen molar-refractivity contribution in [3.8, 4) is 0 Å². The highest BCUT2D eigenvalue weighted by molar-refractivity contribution is 8.00. The second-order valence-electron chi connectivity index (χ2n) is 6.17. The van der Waals surface area contributed by atoms with E-state index in [2.05, 4.69) is 30.7 Å². The van der Waals surface area contributed by atoms with Crippen LogP contribution in [0, 0.1) is 5.92 Å². The van der Waals surface area contributed by atoms with Gasteiger partial charge in [0.25, 0.3) is 0 Å². The van der Waals surface area contributed by atoms with E-state index in [1.165, 1.54) is 25.7 Å². The minimum atomic E-state index is -0.0863. The van der Waals surface area contributed by atoms with Crippen LogP contribution in [-0.4, -0.2) is 36.0 Å². The number of carbonyl (C=O) groups is 1. The van der Waals surface area contributed by atoms with E-state index in [4.69, 9.17) is 0 Å². The molecule has 1 atom stereocenters. The summed E-state index contributed by atoms with van der Waals surface area (Å²) in [5, 5.41) is 6.43. The van der Waals surface area contributed by atoms with Crippen molar-refractivity contribution in [3.05, 3.63) is 0 Å². The minimum absolute atomic E-state index is 0.0863. The van der Waals surface area contributed by atoms with Crippen molar-refractivity contribution < 1.29 is 4.79 Å². The molecule has 2 N–H and O–H groups in total. The van der Waals surface area contributed by atoms with E-state index in [0.29, 0.717) is 10.7 Å². The monoisotopic (exact) mass is 286 g/mol. The fourth-order valence-corrected chi connectivity index (χ4v) is 3.47. The molecule has 0 aromatic heterocycles. The van der Waals surface area contributed by atoms with E-state index in [9.17, 15) is 4.79 Å². The molecular weight excluding hydrogens is 256 g/mol. The van der Waals surface area contributed by atoms with E-state index >= 15 is 0 Å². The average Bonchev–Trinajstić information content (AvgIpc) is 2.84. The Kier molecular flexibility index (Phi) is 7.22. The summed E-state index contributed by atoms with van der Waals surface area (Å²) in [6, 6.07) is -0.0863. The van der Waals surface area contributed by atoms with Crippen molar-refractivity contribution >= 4 is 17.7 Å². The summed E-state index contributed by atoms with van der Waals surface area (Å²) in [5.41, 5.74) is 0. The van der Waals surface area contributed by atoms with Crippen LogP contribution in [0.3, 0.4) is 0 Å². The highest BCUT2D eigenvalue weighted by Crippen LogP contribution is 2.39. The molecule has 1 rings (SSSR count). The summed E-state index contributed by atoms with van der Waals surface area (Å²) in [7, 11) is 0. The van der Waals surface area contributed by atoms with Gasteiger partial charge in [-0.2, -0.15) is 11.8 Å². The predicted molar refractivity (Wildman–Crippen MR) is 84.6 cm³/mol. The van der Waals surface area contributed by atoms with Crippen LogP contribution in [0.1, 0.15) is 52.9 Å².